The number of fused-ring (bicyclic) bond motifs is 8. The van der Waals surface area contributed by atoms with Crippen LogP contribution < -0.4 is 9.80 Å². The highest BCUT2D eigenvalue weighted by molar-refractivity contribution is 6.22. The number of rotatable bonds is 6. The van der Waals surface area contributed by atoms with E-state index in [9.17, 15) is 0 Å². The topological polar surface area (TPSA) is 32.8 Å². The van der Waals surface area contributed by atoms with E-state index >= 15 is 0 Å². The Morgan fingerprint density at radius 1 is 0.328 bits per heavy atom. The van der Waals surface area contributed by atoms with Crippen molar-refractivity contribution in [2.24, 2.45) is 0 Å². The molecule has 0 atom stereocenters. The van der Waals surface area contributed by atoms with E-state index in [0.717, 1.165) is 94.3 Å². The number of hydrogen-bond acceptors (Lipinski definition) is 4. The van der Waals surface area contributed by atoms with Gasteiger partial charge in [-0.3, -0.25) is 0 Å². The summed E-state index contributed by atoms with van der Waals surface area (Å²) in [4.78, 5) is 4.62. The van der Waals surface area contributed by atoms with E-state index in [0.29, 0.717) is 0 Å². The molecule has 2 aromatic heterocycles. The van der Waals surface area contributed by atoms with Crippen molar-refractivity contribution in [3.63, 3.8) is 0 Å². The van der Waals surface area contributed by atoms with Crippen molar-refractivity contribution in [3.8, 4) is 0 Å². The van der Waals surface area contributed by atoms with Crippen molar-refractivity contribution >= 4 is 99.5 Å². The summed E-state index contributed by atoms with van der Waals surface area (Å²) < 4.78 is 13.6. The minimum absolute atomic E-state index is 0.874. The molecule has 0 aliphatic rings. The van der Waals surface area contributed by atoms with Gasteiger partial charge in [-0.15, -0.1) is 0 Å². The van der Waals surface area contributed by atoms with Crippen LogP contribution in [0.2, 0.25) is 0 Å². The standard InChI is InChI=1S/C54H40N2O2/c1-33-15-21-43(22-16-33)55(41-11-7-5-8-12-41)45-25-19-37-29-47-49(31-39(37)27-45)57-53-36(4)54-52(35(3)51(47)53)48-30-38-20-26-46(28-40(38)32-50(48)58-54)56(42-13-9-6-10-14-42)44-23-17-34(2)18-24-44/h5-32H,1-4H3. The van der Waals surface area contributed by atoms with Gasteiger partial charge < -0.3 is 18.6 Å². The lowest BCUT2D eigenvalue weighted by molar-refractivity contribution is 0.651. The Morgan fingerprint density at radius 3 is 1.12 bits per heavy atom. The van der Waals surface area contributed by atoms with Gasteiger partial charge in [-0.1, -0.05) is 83.9 Å². The number of hydrogen-bond donors (Lipinski definition) is 0. The molecule has 0 saturated carbocycles. The summed E-state index contributed by atoms with van der Waals surface area (Å²) in [6.45, 7) is 8.59. The van der Waals surface area contributed by atoms with Crippen LogP contribution in [0.4, 0.5) is 34.1 Å². The molecule has 9 aromatic carbocycles. The van der Waals surface area contributed by atoms with E-state index in [4.69, 9.17) is 8.83 Å². The zero-order valence-corrected chi connectivity index (χ0v) is 32.9. The maximum Gasteiger partial charge on any atom is 0.142 e. The van der Waals surface area contributed by atoms with Gasteiger partial charge in [-0.2, -0.15) is 0 Å². The highest BCUT2D eigenvalue weighted by Crippen LogP contribution is 2.46. The van der Waals surface area contributed by atoms with E-state index < -0.39 is 0 Å². The molecular weight excluding hydrogens is 709 g/mol. The molecule has 11 rings (SSSR count). The Balaban J connectivity index is 1.04. The van der Waals surface area contributed by atoms with Crippen molar-refractivity contribution < 1.29 is 8.83 Å². The van der Waals surface area contributed by atoms with Crippen LogP contribution in [0, 0.1) is 27.7 Å². The SMILES string of the molecule is Cc1ccc(N(c2ccccc2)c2ccc3cc4c(cc3c2)oc2c(C)c3oc5cc6cc(N(c7ccccc7)c7ccc(C)cc7)ccc6cc5c3c(C)c24)cc1. The number of furan rings is 2. The first-order valence-corrected chi connectivity index (χ1v) is 19.9. The van der Waals surface area contributed by atoms with Gasteiger partial charge >= 0.3 is 0 Å². The molecular formula is C54H40N2O2. The Bertz CT molecular complexity index is 3140. The average molecular weight is 749 g/mol. The molecule has 0 fully saturated rings. The van der Waals surface area contributed by atoms with Gasteiger partial charge in [0.1, 0.15) is 22.3 Å². The van der Waals surface area contributed by atoms with E-state index in [2.05, 4.69) is 207 Å². The Morgan fingerprint density at radius 2 is 0.707 bits per heavy atom. The predicted molar refractivity (Wildman–Crippen MR) is 244 cm³/mol. The average Bonchev–Trinajstić information content (AvgIpc) is 3.82. The third kappa shape index (κ3) is 5.44. The third-order valence-corrected chi connectivity index (χ3v) is 11.8. The van der Waals surface area contributed by atoms with Gasteiger partial charge in [-0.05, 0) is 152 Å². The minimum atomic E-state index is 0.874. The summed E-state index contributed by atoms with van der Waals surface area (Å²) in [5, 5.41) is 9.11. The third-order valence-electron chi connectivity index (χ3n) is 11.8. The van der Waals surface area contributed by atoms with Crippen molar-refractivity contribution in [1.29, 1.82) is 0 Å². The monoisotopic (exact) mass is 748 g/mol. The maximum atomic E-state index is 6.79. The lowest BCUT2D eigenvalue weighted by Crippen LogP contribution is -2.09. The molecule has 58 heavy (non-hydrogen) atoms. The largest absolute Gasteiger partial charge is 0.456 e. The fourth-order valence-electron chi connectivity index (χ4n) is 8.87. The van der Waals surface area contributed by atoms with Crippen molar-refractivity contribution in [2.75, 3.05) is 9.80 Å². The Kier molecular flexibility index (Phi) is 7.70. The number of aryl methyl sites for hydroxylation is 4. The van der Waals surface area contributed by atoms with Crippen LogP contribution in [0.1, 0.15) is 22.3 Å². The molecule has 0 radical (unpaired) electrons. The smallest absolute Gasteiger partial charge is 0.142 e. The normalized spacial score (nSPS) is 11.8. The van der Waals surface area contributed by atoms with Crippen molar-refractivity contribution in [1.82, 2.24) is 0 Å². The van der Waals surface area contributed by atoms with E-state index in [1.54, 1.807) is 0 Å². The zero-order chi connectivity index (χ0) is 39.1. The fourth-order valence-corrected chi connectivity index (χ4v) is 8.87. The van der Waals surface area contributed by atoms with Gasteiger partial charge in [0.15, 0.2) is 0 Å². The van der Waals surface area contributed by atoms with Crippen LogP contribution in [-0.2, 0) is 0 Å². The molecule has 4 nitrogen and oxygen atoms in total. The number of nitrogens with zero attached hydrogens (tertiary/aromatic N) is 2. The number of para-hydroxylation sites is 2. The van der Waals surface area contributed by atoms with Gasteiger partial charge in [0.2, 0.25) is 0 Å². The highest BCUT2D eigenvalue weighted by atomic mass is 16.3. The zero-order valence-electron chi connectivity index (χ0n) is 32.9. The molecule has 278 valence electrons. The summed E-state index contributed by atoms with van der Waals surface area (Å²) in [5.41, 5.74) is 14.8. The number of benzene rings is 9. The quantitative estimate of drug-likeness (QED) is 0.170. The number of anilines is 6. The summed E-state index contributed by atoms with van der Waals surface area (Å²) in [7, 11) is 0. The van der Waals surface area contributed by atoms with E-state index in [1.807, 2.05) is 0 Å². The van der Waals surface area contributed by atoms with E-state index in [1.165, 1.54) is 27.5 Å². The second-order valence-corrected chi connectivity index (χ2v) is 15.6. The molecule has 0 aliphatic heterocycles. The van der Waals surface area contributed by atoms with Crippen LogP contribution in [0.25, 0.3) is 65.4 Å². The van der Waals surface area contributed by atoms with Crippen molar-refractivity contribution in [2.45, 2.75) is 27.7 Å². The molecule has 4 heteroatoms. The van der Waals surface area contributed by atoms with Gasteiger partial charge in [0, 0.05) is 61.2 Å². The first-order chi connectivity index (χ1) is 28.4. The summed E-state index contributed by atoms with van der Waals surface area (Å²) in [5.74, 6) is 0. The molecule has 0 aliphatic carbocycles. The first kappa shape index (κ1) is 34.0. The Hall–Kier alpha value is -7.30. The van der Waals surface area contributed by atoms with Crippen molar-refractivity contribution in [3.05, 3.63) is 192 Å². The minimum Gasteiger partial charge on any atom is -0.456 e. The molecule has 0 amide bonds. The van der Waals surface area contributed by atoms with Crippen LogP contribution in [0.15, 0.2) is 179 Å². The lowest BCUT2D eigenvalue weighted by atomic mass is 9.96. The van der Waals surface area contributed by atoms with Crippen LogP contribution in [0.3, 0.4) is 0 Å². The fraction of sp³-hybridized carbons (Fsp3) is 0.0741. The molecule has 11 aromatic rings. The molecule has 0 spiro atoms. The molecule has 0 unspecified atom stereocenters. The summed E-state index contributed by atoms with van der Waals surface area (Å²) in [6, 6.07) is 61.0. The second kappa shape index (κ2) is 13.1. The molecule has 2 heterocycles. The van der Waals surface area contributed by atoms with Gasteiger partial charge in [0.25, 0.3) is 0 Å². The summed E-state index contributed by atoms with van der Waals surface area (Å²) >= 11 is 0. The Labute approximate surface area is 336 Å². The lowest BCUT2D eigenvalue weighted by Gasteiger charge is -2.26. The van der Waals surface area contributed by atoms with E-state index in [-0.39, 0.29) is 0 Å². The maximum absolute atomic E-state index is 6.79. The molecule has 0 N–H and O–H groups in total. The van der Waals surface area contributed by atoms with Crippen LogP contribution in [-0.4, -0.2) is 0 Å². The molecule has 0 saturated heterocycles. The van der Waals surface area contributed by atoms with Crippen LogP contribution in [0.5, 0.6) is 0 Å². The second-order valence-electron chi connectivity index (χ2n) is 15.6. The highest BCUT2D eigenvalue weighted by Gasteiger charge is 2.23. The molecule has 0 bridgehead atoms. The first-order valence-electron chi connectivity index (χ1n) is 19.9. The van der Waals surface area contributed by atoms with Gasteiger partial charge in [0.05, 0.1) is 0 Å². The van der Waals surface area contributed by atoms with Gasteiger partial charge in [-0.25, -0.2) is 0 Å². The summed E-state index contributed by atoms with van der Waals surface area (Å²) in [6.07, 6.45) is 0. The van der Waals surface area contributed by atoms with Crippen LogP contribution >= 0.6 is 0 Å². The predicted octanol–water partition coefficient (Wildman–Crippen LogP) is 16.0.